The molecule has 0 saturated carbocycles. The predicted octanol–water partition coefficient (Wildman–Crippen LogP) is 3.33. The lowest BCUT2D eigenvalue weighted by molar-refractivity contribution is -0.384. The minimum atomic E-state index is -0.961. The van der Waals surface area contributed by atoms with Gasteiger partial charge in [-0.25, -0.2) is 4.79 Å². The number of nitro benzene ring substituents is 1. The van der Waals surface area contributed by atoms with Crippen LogP contribution in [0.1, 0.15) is 15.9 Å². The van der Waals surface area contributed by atoms with E-state index >= 15 is 0 Å². The summed E-state index contributed by atoms with van der Waals surface area (Å²) in [6.45, 7) is 1.73. The Morgan fingerprint density at radius 3 is 2.39 bits per heavy atom. The second-order valence-electron chi connectivity index (χ2n) is 3.71. The summed E-state index contributed by atoms with van der Waals surface area (Å²) in [6.07, 6.45) is 0. The molecule has 1 heterocycles. The predicted molar refractivity (Wildman–Crippen MR) is 68.1 cm³/mol. The number of carbonyl (C=O) groups is 1. The number of rotatable bonds is 3. The molecule has 0 saturated heterocycles. The minimum Gasteiger partial charge on any atom is -0.478 e. The highest BCUT2D eigenvalue weighted by Crippen LogP contribution is 2.33. The average Bonchev–Trinajstić information content (AvgIpc) is 2.71. The van der Waals surface area contributed by atoms with Crippen molar-refractivity contribution in [2.75, 3.05) is 0 Å². The molecule has 0 radical (unpaired) electrons. The number of benzene rings is 1. The van der Waals surface area contributed by atoms with Crippen LogP contribution in [-0.4, -0.2) is 16.0 Å². The van der Waals surface area contributed by atoms with Gasteiger partial charge < -0.3 is 5.11 Å². The van der Waals surface area contributed by atoms with Gasteiger partial charge in [-0.2, -0.15) is 0 Å². The number of carboxylic acids is 1. The maximum absolute atomic E-state index is 10.9. The Morgan fingerprint density at radius 2 is 1.94 bits per heavy atom. The summed E-state index contributed by atoms with van der Waals surface area (Å²) in [5, 5.41) is 21.1. The molecular formula is C12H9NO4S. The van der Waals surface area contributed by atoms with E-state index in [0.717, 1.165) is 10.4 Å². The van der Waals surface area contributed by atoms with Gasteiger partial charge in [-0.05, 0) is 30.2 Å². The van der Waals surface area contributed by atoms with Crippen LogP contribution in [0.5, 0.6) is 0 Å². The molecule has 1 aromatic carbocycles. The number of thiophene rings is 1. The zero-order valence-electron chi connectivity index (χ0n) is 9.41. The monoisotopic (exact) mass is 263 g/mol. The van der Waals surface area contributed by atoms with E-state index in [4.69, 9.17) is 5.11 Å². The van der Waals surface area contributed by atoms with Crippen molar-refractivity contribution in [3.63, 3.8) is 0 Å². The molecule has 1 aromatic heterocycles. The van der Waals surface area contributed by atoms with Crippen molar-refractivity contribution in [2.45, 2.75) is 6.92 Å². The fraction of sp³-hybridized carbons (Fsp3) is 0.0833. The van der Waals surface area contributed by atoms with Gasteiger partial charge in [0.05, 0.1) is 10.5 Å². The van der Waals surface area contributed by atoms with Crippen LogP contribution in [0.3, 0.4) is 0 Å². The van der Waals surface area contributed by atoms with Gasteiger partial charge in [-0.15, -0.1) is 11.3 Å². The van der Waals surface area contributed by atoms with Crippen molar-refractivity contribution in [2.24, 2.45) is 0 Å². The number of nitrogens with zero attached hydrogens (tertiary/aromatic N) is 1. The maximum atomic E-state index is 10.9. The molecule has 0 amide bonds. The number of hydrogen-bond donors (Lipinski definition) is 1. The van der Waals surface area contributed by atoms with E-state index in [9.17, 15) is 14.9 Å². The highest BCUT2D eigenvalue weighted by atomic mass is 32.1. The Bertz CT molecular complexity index is 616. The van der Waals surface area contributed by atoms with Crippen molar-refractivity contribution < 1.29 is 14.8 Å². The van der Waals surface area contributed by atoms with Crippen LogP contribution in [0.2, 0.25) is 0 Å². The molecule has 0 aliphatic rings. The zero-order chi connectivity index (χ0) is 13.3. The third kappa shape index (κ3) is 2.10. The average molecular weight is 263 g/mol. The zero-order valence-corrected chi connectivity index (χ0v) is 10.2. The number of hydrogen-bond acceptors (Lipinski definition) is 4. The Hall–Kier alpha value is -2.21. The summed E-state index contributed by atoms with van der Waals surface area (Å²) in [6, 6.07) is 6.08. The molecule has 0 aliphatic carbocycles. The van der Waals surface area contributed by atoms with Crippen LogP contribution < -0.4 is 0 Å². The Kier molecular flexibility index (Phi) is 3.12. The fourth-order valence-corrected chi connectivity index (χ4v) is 2.72. The molecule has 0 bridgehead atoms. The van der Waals surface area contributed by atoms with Gasteiger partial charge in [0, 0.05) is 22.4 Å². The molecule has 92 valence electrons. The van der Waals surface area contributed by atoms with Gasteiger partial charge in [-0.3, -0.25) is 10.1 Å². The van der Waals surface area contributed by atoms with E-state index in [-0.39, 0.29) is 11.3 Å². The van der Waals surface area contributed by atoms with E-state index in [1.54, 1.807) is 24.4 Å². The molecule has 0 spiro atoms. The summed E-state index contributed by atoms with van der Waals surface area (Å²) in [5.41, 5.74) is 1.76. The number of nitro groups is 1. The molecular weight excluding hydrogens is 254 g/mol. The van der Waals surface area contributed by atoms with Gasteiger partial charge in [0.2, 0.25) is 0 Å². The summed E-state index contributed by atoms with van der Waals surface area (Å²) < 4.78 is 0. The highest BCUT2D eigenvalue weighted by Gasteiger charge is 2.15. The van der Waals surface area contributed by atoms with Crippen LogP contribution >= 0.6 is 11.3 Å². The van der Waals surface area contributed by atoms with Crippen molar-refractivity contribution in [1.82, 2.24) is 0 Å². The van der Waals surface area contributed by atoms with Gasteiger partial charge in [0.25, 0.3) is 5.69 Å². The molecule has 18 heavy (non-hydrogen) atoms. The molecule has 2 aromatic rings. The normalized spacial score (nSPS) is 10.3. The Labute approximate surface area is 106 Å². The van der Waals surface area contributed by atoms with E-state index in [0.29, 0.717) is 5.56 Å². The van der Waals surface area contributed by atoms with Crippen LogP contribution in [0.15, 0.2) is 29.6 Å². The third-order valence-electron chi connectivity index (χ3n) is 2.61. The lowest BCUT2D eigenvalue weighted by Crippen LogP contribution is -1.95. The van der Waals surface area contributed by atoms with Crippen molar-refractivity contribution in [1.29, 1.82) is 0 Å². The largest absolute Gasteiger partial charge is 0.478 e. The van der Waals surface area contributed by atoms with E-state index in [1.807, 2.05) is 0 Å². The lowest BCUT2D eigenvalue weighted by Gasteiger charge is -2.00. The SMILES string of the molecule is Cc1c(C(=O)O)csc1-c1ccc([N+](=O)[O-])cc1. The topological polar surface area (TPSA) is 80.4 Å². The standard InChI is InChI=1S/C12H9NO4S/c1-7-10(12(14)15)6-18-11(7)8-2-4-9(5-3-8)13(16)17/h2-6H,1H3,(H,14,15). The smallest absolute Gasteiger partial charge is 0.336 e. The fourth-order valence-electron chi connectivity index (χ4n) is 1.65. The molecule has 0 aliphatic heterocycles. The van der Waals surface area contributed by atoms with E-state index in [1.165, 1.54) is 23.5 Å². The molecule has 5 nitrogen and oxygen atoms in total. The Morgan fingerprint density at radius 1 is 1.33 bits per heavy atom. The third-order valence-corrected chi connectivity index (χ3v) is 3.74. The summed E-state index contributed by atoms with van der Waals surface area (Å²) >= 11 is 1.32. The van der Waals surface area contributed by atoms with Crippen molar-refractivity contribution >= 4 is 23.0 Å². The van der Waals surface area contributed by atoms with Crippen molar-refractivity contribution in [3.8, 4) is 10.4 Å². The summed E-state index contributed by atoms with van der Waals surface area (Å²) in [5.74, 6) is -0.961. The van der Waals surface area contributed by atoms with Crippen LogP contribution in [-0.2, 0) is 0 Å². The first kappa shape index (κ1) is 12.3. The molecule has 0 fully saturated rings. The first-order chi connectivity index (χ1) is 8.50. The van der Waals surface area contributed by atoms with Crippen molar-refractivity contribution in [3.05, 3.63) is 50.9 Å². The first-order valence-corrected chi connectivity index (χ1v) is 5.95. The molecule has 0 unspecified atom stereocenters. The molecule has 6 heteroatoms. The quantitative estimate of drug-likeness (QED) is 0.680. The molecule has 2 rings (SSSR count). The van der Waals surface area contributed by atoms with E-state index < -0.39 is 10.9 Å². The van der Waals surface area contributed by atoms with Crippen LogP contribution in [0, 0.1) is 17.0 Å². The number of carboxylic acid groups (broad SMARTS) is 1. The number of aromatic carboxylic acids is 1. The van der Waals surface area contributed by atoms with Gasteiger partial charge in [0.15, 0.2) is 0 Å². The number of non-ortho nitro benzene ring substituents is 1. The van der Waals surface area contributed by atoms with Crippen LogP contribution in [0.4, 0.5) is 5.69 Å². The van der Waals surface area contributed by atoms with Gasteiger partial charge >= 0.3 is 5.97 Å². The van der Waals surface area contributed by atoms with Gasteiger partial charge in [0.1, 0.15) is 0 Å². The highest BCUT2D eigenvalue weighted by molar-refractivity contribution is 7.14. The lowest BCUT2D eigenvalue weighted by atomic mass is 10.1. The van der Waals surface area contributed by atoms with E-state index in [2.05, 4.69) is 0 Å². The molecule has 0 atom stereocenters. The second kappa shape index (κ2) is 4.58. The molecule has 1 N–H and O–H groups in total. The van der Waals surface area contributed by atoms with Crippen LogP contribution in [0.25, 0.3) is 10.4 Å². The Balaban J connectivity index is 2.43. The maximum Gasteiger partial charge on any atom is 0.336 e. The second-order valence-corrected chi connectivity index (χ2v) is 4.59. The van der Waals surface area contributed by atoms with Gasteiger partial charge in [-0.1, -0.05) is 0 Å². The minimum absolute atomic E-state index is 0.0198. The summed E-state index contributed by atoms with van der Waals surface area (Å²) in [4.78, 5) is 21.8. The first-order valence-electron chi connectivity index (χ1n) is 5.07. The summed E-state index contributed by atoms with van der Waals surface area (Å²) in [7, 11) is 0.